The molecule has 5 heteroatoms. The zero-order chi connectivity index (χ0) is 10.8. The smallest absolute Gasteiger partial charge is 0.238 e. The molecule has 0 aliphatic heterocycles. The Balaban J connectivity index is 0.00000128. The van der Waals surface area contributed by atoms with Gasteiger partial charge in [0.05, 0.1) is 11.5 Å². The number of rotatable bonds is 2. The van der Waals surface area contributed by atoms with Crippen molar-refractivity contribution in [2.45, 2.75) is 32.6 Å². The van der Waals surface area contributed by atoms with Crippen LogP contribution in [0.4, 0.5) is 5.00 Å². The third-order valence-corrected chi connectivity index (χ3v) is 4.18. The minimum absolute atomic E-state index is 0. The maximum atomic E-state index is 11.2. The van der Waals surface area contributed by atoms with Gasteiger partial charge in [-0.15, -0.1) is 23.7 Å². The molecule has 0 saturated carbocycles. The number of nitrogens with two attached hydrogens (primary N) is 1. The molecule has 0 radical (unpaired) electrons. The molecule has 3 nitrogen and oxygen atoms in total. The topological polar surface area (TPSA) is 55.1 Å². The molecule has 0 spiro atoms. The van der Waals surface area contributed by atoms with E-state index in [4.69, 9.17) is 5.73 Å². The van der Waals surface area contributed by atoms with Crippen molar-refractivity contribution in [3.05, 3.63) is 16.0 Å². The van der Waals surface area contributed by atoms with Crippen LogP contribution in [0.1, 0.15) is 28.8 Å². The van der Waals surface area contributed by atoms with E-state index in [-0.39, 0.29) is 24.9 Å². The van der Waals surface area contributed by atoms with Crippen LogP contribution in [0.15, 0.2) is 0 Å². The standard InChI is InChI=1S/C11H16N2OS.ClH/c1-7-8-4-2-3-5-9(8)15-11(7)13-10(14)6-12;/h2-6,12H2,1H3,(H,13,14);1H. The second kappa shape index (κ2) is 5.66. The lowest BCUT2D eigenvalue weighted by atomic mass is 9.96. The largest absolute Gasteiger partial charge is 0.322 e. The van der Waals surface area contributed by atoms with E-state index in [2.05, 4.69) is 12.2 Å². The van der Waals surface area contributed by atoms with Crippen LogP contribution in [-0.2, 0) is 17.6 Å². The lowest BCUT2D eigenvalue weighted by Crippen LogP contribution is -2.21. The number of aryl methyl sites for hydroxylation is 1. The zero-order valence-corrected chi connectivity index (χ0v) is 11.0. The predicted molar refractivity (Wildman–Crippen MR) is 70.6 cm³/mol. The van der Waals surface area contributed by atoms with Crippen molar-refractivity contribution in [1.29, 1.82) is 0 Å². The van der Waals surface area contributed by atoms with Crippen LogP contribution in [0.3, 0.4) is 0 Å². The van der Waals surface area contributed by atoms with Crippen LogP contribution < -0.4 is 11.1 Å². The molecule has 0 unspecified atom stereocenters. The number of carbonyl (C=O) groups is 1. The Hall–Kier alpha value is -0.580. The first-order valence-electron chi connectivity index (χ1n) is 5.33. The summed E-state index contributed by atoms with van der Waals surface area (Å²) in [4.78, 5) is 12.7. The van der Waals surface area contributed by atoms with Crippen LogP contribution in [0.5, 0.6) is 0 Å². The van der Waals surface area contributed by atoms with Crippen LogP contribution >= 0.6 is 23.7 Å². The van der Waals surface area contributed by atoms with Gasteiger partial charge in [0.25, 0.3) is 0 Å². The van der Waals surface area contributed by atoms with Crippen molar-refractivity contribution < 1.29 is 4.79 Å². The second-order valence-electron chi connectivity index (χ2n) is 3.92. The van der Waals surface area contributed by atoms with Crippen LogP contribution in [0.2, 0.25) is 0 Å². The molecule has 0 atom stereocenters. The first kappa shape index (κ1) is 13.5. The molecule has 3 N–H and O–H groups in total. The van der Waals surface area contributed by atoms with Gasteiger partial charge in [0.2, 0.25) is 5.91 Å². The Labute approximate surface area is 106 Å². The summed E-state index contributed by atoms with van der Waals surface area (Å²) in [5.74, 6) is -0.100. The molecule has 0 fully saturated rings. The van der Waals surface area contributed by atoms with Gasteiger partial charge in [0.15, 0.2) is 0 Å². The number of thiophene rings is 1. The fraction of sp³-hybridized carbons (Fsp3) is 0.545. The number of halogens is 1. The van der Waals surface area contributed by atoms with E-state index in [0.29, 0.717) is 0 Å². The summed E-state index contributed by atoms with van der Waals surface area (Å²) in [5.41, 5.74) is 7.99. The summed E-state index contributed by atoms with van der Waals surface area (Å²) in [6, 6.07) is 0. The molecular weight excluding hydrogens is 244 g/mol. The average molecular weight is 261 g/mol. The number of hydrogen-bond donors (Lipinski definition) is 2. The Bertz CT molecular complexity index is 390. The Morgan fingerprint density at radius 3 is 2.75 bits per heavy atom. The average Bonchev–Trinajstić information content (AvgIpc) is 2.57. The third-order valence-electron chi connectivity index (χ3n) is 2.87. The van der Waals surface area contributed by atoms with E-state index in [1.54, 1.807) is 11.3 Å². The summed E-state index contributed by atoms with van der Waals surface area (Å²) in [5, 5.41) is 3.87. The monoisotopic (exact) mass is 260 g/mol. The minimum atomic E-state index is -0.100. The van der Waals surface area contributed by atoms with Crippen molar-refractivity contribution in [3.63, 3.8) is 0 Å². The Kier molecular flexibility index (Phi) is 4.77. The fourth-order valence-corrected chi connectivity index (χ4v) is 3.33. The van der Waals surface area contributed by atoms with Gasteiger partial charge in [-0.3, -0.25) is 4.79 Å². The van der Waals surface area contributed by atoms with E-state index in [1.807, 2.05) is 0 Å². The van der Waals surface area contributed by atoms with Gasteiger partial charge in [0, 0.05) is 4.88 Å². The summed E-state index contributed by atoms with van der Waals surface area (Å²) in [6.45, 7) is 2.15. The Morgan fingerprint density at radius 1 is 1.44 bits per heavy atom. The summed E-state index contributed by atoms with van der Waals surface area (Å²) in [7, 11) is 0. The van der Waals surface area contributed by atoms with E-state index in [9.17, 15) is 4.79 Å². The van der Waals surface area contributed by atoms with Gasteiger partial charge in [-0.1, -0.05) is 0 Å². The molecule has 1 aliphatic rings. The number of carbonyl (C=O) groups excluding carboxylic acids is 1. The molecule has 0 saturated heterocycles. The molecule has 1 amide bonds. The van der Waals surface area contributed by atoms with Crippen molar-refractivity contribution in [3.8, 4) is 0 Å². The number of anilines is 1. The quantitative estimate of drug-likeness (QED) is 0.857. The normalized spacial score (nSPS) is 13.9. The van der Waals surface area contributed by atoms with Gasteiger partial charge in [-0.25, -0.2) is 0 Å². The Morgan fingerprint density at radius 2 is 2.12 bits per heavy atom. The van der Waals surface area contributed by atoms with Crippen LogP contribution in [-0.4, -0.2) is 12.5 Å². The number of fused-ring (bicyclic) bond motifs is 1. The number of nitrogens with one attached hydrogen (secondary N) is 1. The molecule has 0 bridgehead atoms. The molecular formula is C11H17ClN2OS. The highest BCUT2D eigenvalue weighted by Crippen LogP contribution is 2.37. The highest BCUT2D eigenvalue weighted by molar-refractivity contribution is 7.16. The van der Waals surface area contributed by atoms with Crippen molar-refractivity contribution in [2.24, 2.45) is 5.73 Å². The second-order valence-corrected chi connectivity index (χ2v) is 5.02. The lowest BCUT2D eigenvalue weighted by Gasteiger charge is -2.10. The van der Waals surface area contributed by atoms with Gasteiger partial charge in [0.1, 0.15) is 0 Å². The summed E-state index contributed by atoms with van der Waals surface area (Å²) < 4.78 is 0. The van der Waals surface area contributed by atoms with E-state index in [0.717, 1.165) is 11.4 Å². The highest BCUT2D eigenvalue weighted by Gasteiger charge is 2.18. The van der Waals surface area contributed by atoms with E-state index in [1.165, 1.54) is 35.3 Å². The lowest BCUT2D eigenvalue weighted by molar-refractivity contribution is -0.114. The summed E-state index contributed by atoms with van der Waals surface area (Å²) >= 11 is 1.72. The van der Waals surface area contributed by atoms with E-state index < -0.39 is 0 Å². The van der Waals surface area contributed by atoms with Crippen molar-refractivity contribution in [2.75, 3.05) is 11.9 Å². The zero-order valence-electron chi connectivity index (χ0n) is 9.34. The molecule has 90 valence electrons. The number of amides is 1. The molecule has 1 aromatic heterocycles. The molecule has 2 rings (SSSR count). The van der Waals surface area contributed by atoms with Crippen LogP contribution in [0.25, 0.3) is 0 Å². The SMILES string of the molecule is Cc1c(NC(=O)CN)sc2c1CCCC2.Cl. The van der Waals surface area contributed by atoms with Crippen molar-refractivity contribution in [1.82, 2.24) is 0 Å². The molecule has 0 aromatic carbocycles. The molecule has 1 aliphatic carbocycles. The van der Waals surface area contributed by atoms with Gasteiger partial charge >= 0.3 is 0 Å². The highest BCUT2D eigenvalue weighted by atomic mass is 35.5. The van der Waals surface area contributed by atoms with Crippen molar-refractivity contribution >= 4 is 34.7 Å². The third kappa shape index (κ3) is 2.56. The van der Waals surface area contributed by atoms with Gasteiger partial charge in [-0.2, -0.15) is 0 Å². The first-order valence-corrected chi connectivity index (χ1v) is 6.15. The molecule has 16 heavy (non-hydrogen) atoms. The molecule has 1 aromatic rings. The molecule has 1 heterocycles. The number of hydrogen-bond acceptors (Lipinski definition) is 3. The van der Waals surface area contributed by atoms with E-state index >= 15 is 0 Å². The fourth-order valence-electron chi connectivity index (χ4n) is 2.02. The summed E-state index contributed by atoms with van der Waals surface area (Å²) in [6.07, 6.45) is 4.88. The maximum Gasteiger partial charge on any atom is 0.238 e. The minimum Gasteiger partial charge on any atom is -0.322 e. The first-order chi connectivity index (χ1) is 7.22. The maximum absolute atomic E-state index is 11.2. The van der Waals surface area contributed by atoms with Gasteiger partial charge < -0.3 is 11.1 Å². The van der Waals surface area contributed by atoms with Gasteiger partial charge in [-0.05, 0) is 43.7 Å². The van der Waals surface area contributed by atoms with Crippen LogP contribution in [0, 0.1) is 6.92 Å². The predicted octanol–water partition coefficient (Wildman–Crippen LogP) is 2.25.